The van der Waals surface area contributed by atoms with E-state index in [1.54, 1.807) is 29.4 Å². The van der Waals surface area contributed by atoms with Crippen molar-refractivity contribution >= 4 is 18.7 Å². The number of imidazole rings is 1. The summed E-state index contributed by atoms with van der Waals surface area (Å²) in [5.74, 6) is 3.79. The zero-order valence-electron chi connectivity index (χ0n) is 21.1. The van der Waals surface area contributed by atoms with Crippen molar-refractivity contribution in [3.63, 3.8) is 0 Å². The molecule has 2 aromatic carbocycles. The van der Waals surface area contributed by atoms with E-state index in [1.165, 1.54) is 0 Å². The molecule has 1 aliphatic rings. The highest BCUT2D eigenvalue weighted by Crippen LogP contribution is 2.29. The van der Waals surface area contributed by atoms with E-state index in [0.717, 1.165) is 30.0 Å². The smallest absolute Gasteiger partial charge is 0.415 e. The van der Waals surface area contributed by atoms with Crippen LogP contribution in [0.3, 0.4) is 0 Å². The monoisotopic (exact) mass is 530 g/mol. The van der Waals surface area contributed by atoms with Gasteiger partial charge in [-0.1, -0.05) is 18.2 Å². The largest absolute Gasteiger partial charge is 0.493 e. The molecule has 9 heteroatoms. The lowest BCUT2D eigenvalue weighted by Crippen LogP contribution is -2.41. The first-order valence-electron chi connectivity index (χ1n) is 12.6. The Kier molecular flexibility index (Phi) is 8.13. The van der Waals surface area contributed by atoms with Gasteiger partial charge in [0, 0.05) is 44.8 Å². The fraction of sp³-hybridized carbons (Fsp3) is 0.276. The molecule has 0 aliphatic carbocycles. The Morgan fingerprint density at radius 3 is 2.32 bits per heavy atom. The normalized spacial score (nSPS) is 14.6. The van der Waals surface area contributed by atoms with Crippen molar-refractivity contribution < 1.29 is 19.0 Å². The molecule has 1 unspecified atom stereocenters. The summed E-state index contributed by atoms with van der Waals surface area (Å²) in [5, 5.41) is -0.154. The van der Waals surface area contributed by atoms with E-state index >= 15 is 0 Å². The molecule has 1 saturated heterocycles. The van der Waals surface area contributed by atoms with Crippen LogP contribution in [0.15, 0.2) is 85.3 Å². The molecule has 1 fully saturated rings. The number of rotatable bonds is 8. The zero-order chi connectivity index (χ0) is 26.3. The number of nitrogens with zero attached hydrogens (tertiary/aromatic N) is 4. The number of amides is 1. The number of benzene rings is 2. The number of aromatic nitrogens is 3. The fourth-order valence-electron chi connectivity index (χ4n) is 4.30. The summed E-state index contributed by atoms with van der Waals surface area (Å²) in [7, 11) is 1.94. The first kappa shape index (κ1) is 25.7. The number of aryl methyl sites for hydroxylation is 1. The molecular weight excluding hydrogens is 500 g/mol. The van der Waals surface area contributed by atoms with Crippen molar-refractivity contribution in [1.82, 2.24) is 19.4 Å². The predicted octanol–water partition coefficient (Wildman–Crippen LogP) is 5.92. The highest BCUT2D eigenvalue weighted by molar-refractivity contribution is 7.80. The summed E-state index contributed by atoms with van der Waals surface area (Å²) in [4.78, 5) is 23.0. The predicted molar refractivity (Wildman–Crippen MR) is 147 cm³/mol. The van der Waals surface area contributed by atoms with Crippen molar-refractivity contribution in [2.75, 3.05) is 19.7 Å². The summed E-state index contributed by atoms with van der Waals surface area (Å²) in [6.07, 6.45) is 6.73. The number of ether oxygens (including phenoxy) is 3. The van der Waals surface area contributed by atoms with Crippen LogP contribution in [-0.2, 0) is 7.05 Å². The van der Waals surface area contributed by atoms with E-state index in [1.807, 2.05) is 72.4 Å². The van der Waals surface area contributed by atoms with Crippen LogP contribution in [0.4, 0.5) is 4.79 Å². The quantitative estimate of drug-likeness (QED) is 0.285. The van der Waals surface area contributed by atoms with E-state index in [2.05, 4.69) is 22.6 Å². The van der Waals surface area contributed by atoms with E-state index in [4.69, 9.17) is 14.2 Å². The molecule has 0 radical (unpaired) electrons. The van der Waals surface area contributed by atoms with Crippen LogP contribution in [0.5, 0.6) is 23.1 Å². The van der Waals surface area contributed by atoms with Gasteiger partial charge < -0.3 is 23.7 Å². The highest BCUT2D eigenvalue weighted by Gasteiger charge is 2.25. The Bertz CT molecular complexity index is 1320. The summed E-state index contributed by atoms with van der Waals surface area (Å²) >= 11 is 4.69. The molecule has 4 aromatic rings. The molecule has 0 bridgehead atoms. The topological polar surface area (TPSA) is 78.7 Å². The average Bonchev–Trinajstić information content (AvgIpc) is 3.39. The Morgan fingerprint density at radius 1 is 0.947 bits per heavy atom. The molecule has 3 heterocycles. The maximum absolute atomic E-state index is 12.7. The Morgan fingerprint density at radius 2 is 1.66 bits per heavy atom. The van der Waals surface area contributed by atoms with E-state index in [9.17, 15) is 4.79 Å². The molecule has 1 aliphatic heterocycles. The van der Waals surface area contributed by atoms with Crippen LogP contribution < -0.4 is 14.2 Å². The maximum Gasteiger partial charge on any atom is 0.415 e. The van der Waals surface area contributed by atoms with Crippen molar-refractivity contribution in [3.05, 3.63) is 96.7 Å². The van der Waals surface area contributed by atoms with Gasteiger partial charge in [0.1, 0.15) is 23.1 Å². The van der Waals surface area contributed by atoms with E-state index in [-0.39, 0.29) is 11.3 Å². The van der Waals surface area contributed by atoms with Crippen LogP contribution in [-0.4, -0.2) is 45.2 Å². The first-order chi connectivity index (χ1) is 18.5. The third-order valence-electron chi connectivity index (χ3n) is 6.55. The van der Waals surface area contributed by atoms with Crippen LogP contribution in [0, 0.1) is 5.92 Å². The molecule has 196 valence electrons. The standard InChI is InChI=1S/C29H30N4O4S/c1-32-19-16-31-28(32)27(38)22-5-7-25(8-6-22)37-29(34)33-17-13-21(14-18-33)20-35-23-9-11-24(12-10-23)36-26-4-2-3-15-30-26/h2-12,15-16,19,21,27,38H,13-14,17-18,20H2,1H3. The van der Waals surface area contributed by atoms with Gasteiger partial charge in [0.15, 0.2) is 0 Å². The van der Waals surface area contributed by atoms with Crippen molar-refractivity contribution in [2.45, 2.75) is 18.1 Å². The molecule has 0 N–H and O–H groups in total. The van der Waals surface area contributed by atoms with Crippen molar-refractivity contribution in [3.8, 4) is 23.1 Å². The third-order valence-corrected chi connectivity index (χ3v) is 7.08. The number of hydrogen-bond donors (Lipinski definition) is 1. The van der Waals surface area contributed by atoms with Gasteiger partial charge in [0.25, 0.3) is 0 Å². The molecule has 5 rings (SSSR count). The molecular formula is C29H30N4O4S. The number of thiol groups is 1. The molecule has 0 spiro atoms. The molecule has 1 atom stereocenters. The van der Waals surface area contributed by atoms with Gasteiger partial charge in [0.2, 0.25) is 5.88 Å². The number of carbonyl (C=O) groups is 1. The van der Waals surface area contributed by atoms with E-state index in [0.29, 0.717) is 43.0 Å². The Balaban J connectivity index is 1.05. The van der Waals surface area contributed by atoms with Gasteiger partial charge in [-0.15, -0.1) is 0 Å². The maximum atomic E-state index is 12.7. The van der Waals surface area contributed by atoms with Crippen LogP contribution in [0.1, 0.15) is 29.5 Å². The number of carbonyl (C=O) groups excluding carboxylic acids is 1. The van der Waals surface area contributed by atoms with Crippen molar-refractivity contribution in [2.24, 2.45) is 13.0 Å². The van der Waals surface area contributed by atoms with Crippen LogP contribution in [0.2, 0.25) is 0 Å². The minimum absolute atomic E-state index is 0.154. The van der Waals surface area contributed by atoms with Gasteiger partial charge in [-0.05, 0) is 66.8 Å². The Hall–Kier alpha value is -3.98. The Labute approximate surface area is 227 Å². The second-order valence-corrected chi connectivity index (χ2v) is 9.74. The SMILES string of the molecule is Cn1ccnc1C(S)c1ccc(OC(=O)N2CCC(COc3ccc(Oc4ccccn4)cc3)CC2)cc1. The summed E-state index contributed by atoms with van der Waals surface area (Å²) in [6.45, 7) is 1.88. The average molecular weight is 531 g/mol. The fourth-order valence-corrected chi connectivity index (χ4v) is 4.72. The van der Waals surface area contributed by atoms with Gasteiger partial charge in [-0.3, -0.25) is 0 Å². The third kappa shape index (κ3) is 6.47. The second kappa shape index (κ2) is 12.0. The molecule has 1 amide bonds. The summed E-state index contributed by atoms with van der Waals surface area (Å²) in [5.41, 5.74) is 0.985. The number of piperidine rings is 1. The summed E-state index contributed by atoms with van der Waals surface area (Å²) in [6, 6.07) is 20.5. The molecule has 2 aromatic heterocycles. The molecule has 8 nitrogen and oxygen atoms in total. The second-order valence-electron chi connectivity index (χ2n) is 9.22. The molecule has 38 heavy (non-hydrogen) atoms. The number of hydrogen-bond acceptors (Lipinski definition) is 7. The minimum atomic E-state index is -0.327. The first-order valence-corrected chi connectivity index (χ1v) is 13.1. The lowest BCUT2D eigenvalue weighted by molar-refractivity contribution is 0.117. The van der Waals surface area contributed by atoms with Gasteiger partial charge in [0.05, 0.1) is 11.9 Å². The summed E-state index contributed by atoms with van der Waals surface area (Å²) < 4.78 is 19.3. The van der Waals surface area contributed by atoms with Gasteiger partial charge in [-0.25, -0.2) is 14.8 Å². The minimum Gasteiger partial charge on any atom is -0.493 e. The highest BCUT2D eigenvalue weighted by atomic mass is 32.1. The lowest BCUT2D eigenvalue weighted by Gasteiger charge is -2.31. The zero-order valence-corrected chi connectivity index (χ0v) is 22.0. The van der Waals surface area contributed by atoms with Crippen LogP contribution in [0.25, 0.3) is 0 Å². The van der Waals surface area contributed by atoms with Gasteiger partial charge >= 0.3 is 6.09 Å². The van der Waals surface area contributed by atoms with Gasteiger partial charge in [-0.2, -0.15) is 12.6 Å². The molecule has 0 saturated carbocycles. The van der Waals surface area contributed by atoms with E-state index < -0.39 is 0 Å². The number of pyridine rings is 1. The van der Waals surface area contributed by atoms with Crippen molar-refractivity contribution in [1.29, 1.82) is 0 Å². The number of likely N-dealkylation sites (tertiary alicyclic amines) is 1. The lowest BCUT2D eigenvalue weighted by atomic mass is 9.98. The van der Waals surface area contributed by atoms with Crippen LogP contribution >= 0.6 is 12.6 Å².